The Morgan fingerprint density at radius 2 is 1.72 bits per heavy atom. The summed E-state index contributed by atoms with van der Waals surface area (Å²) in [6.45, 7) is 1.85. The molecule has 0 saturated heterocycles. The molecule has 1 amide bonds. The smallest absolute Gasteiger partial charge is 0.305 e. The van der Waals surface area contributed by atoms with Crippen molar-refractivity contribution in [2.75, 3.05) is 6.54 Å². The van der Waals surface area contributed by atoms with E-state index in [-0.39, 0.29) is 19.4 Å². The quantitative estimate of drug-likeness (QED) is 0.593. The molecule has 0 radical (unpaired) electrons. The van der Waals surface area contributed by atoms with E-state index in [4.69, 9.17) is 5.11 Å². The zero-order valence-corrected chi connectivity index (χ0v) is 10.3. The molecule has 0 aliphatic heterocycles. The third-order valence-corrected chi connectivity index (χ3v) is 2.61. The number of hydroxylamine groups is 2. The molecule has 0 aliphatic carbocycles. The van der Waals surface area contributed by atoms with Crippen LogP contribution in [0.5, 0.6) is 0 Å². The van der Waals surface area contributed by atoms with Gasteiger partial charge in [-0.2, -0.15) is 0 Å². The van der Waals surface area contributed by atoms with Crippen LogP contribution in [0.25, 0.3) is 0 Å². The Morgan fingerprint density at radius 3 is 2.22 bits per heavy atom. The highest BCUT2D eigenvalue weighted by Crippen LogP contribution is 2.07. The van der Waals surface area contributed by atoms with Crippen LogP contribution in [0.1, 0.15) is 24.5 Å². The van der Waals surface area contributed by atoms with E-state index in [9.17, 15) is 14.8 Å². The van der Waals surface area contributed by atoms with Crippen LogP contribution in [0, 0.1) is 0 Å². The van der Waals surface area contributed by atoms with Gasteiger partial charge < -0.3 is 5.11 Å². The van der Waals surface area contributed by atoms with Crippen molar-refractivity contribution in [3.63, 3.8) is 0 Å². The van der Waals surface area contributed by atoms with Gasteiger partial charge in [-0.15, -0.1) is 0 Å². The lowest BCUT2D eigenvalue weighted by Gasteiger charge is -2.13. The van der Waals surface area contributed by atoms with E-state index in [2.05, 4.69) is 0 Å². The molecule has 98 valence electrons. The molecule has 0 aliphatic rings. The van der Waals surface area contributed by atoms with Gasteiger partial charge in [0.1, 0.15) is 0 Å². The monoisotopic (exact) mass is 251 g/mol. The molecule has 5 heteroatoms. The first-order chi connectivity index (χ1) is 8.52. The summed E-state index contributed by atoms with van der Waals surface area (Å²) in [5, 5.41) is 18.3. The van der Waals surface area contributed by atoms with Crippen LogP contribution >= 0.6 is 0 Å². The summed E-state index contributed by atoms with van der Waals surface area (Å²) in [6, 6.07) is 7.53. The van der Waals surface area contributed by atoms with Crippen LogP contribution in [0.15, 0.2) is 24.3 Å². The van der Waals surface area contributed by atoms with Crippen molar-refractivity contribution in [2.45, 2.75) is 26.2 Å². The standard InChI is InChI=1S/C13H17NO4/c1-2-10-3-5-11(6-4-10)9-12(15)14(18)8-7-13(16)17/h3-6,18H,2,7-9H2,1H3,(H,16,17). The van der Waals surface area contributed by atoms with Crippen molar-refractivity contribution >= 4 is 11.9 Å². The van der Waals surface area contributed by atoms with Crippen molar-refractivity contribution in [1.82, 2.24) is 5.06 Å². The number of carbonyl (C=O) groups excluding carboxylic acids is 1. The molecule has 1 rings (SSSR count). The van der Waals surface area contributed by atoms with Crippen LogP contribution in [0.2, 0.25) is 0 Å². The molecule has 18 heavy (non-hydrogen) atoms. The maximum atomic E-state index is 11.6. The van der Waals surface area contributed by atoms with Gasteiger partial charge >= 0.3 is 5.97 Å². The van der Waals surface area contributed by atoms with Crippen molar-refractivity contribution in [1.29, 1.82) is 0 Å². The van der Waals surface area contributed by atoms with Gasteiger partial charge in [0, 0.05) is 0 Å². The minimum atomic E-state index is -1.05. The average Bonchev–Trinajstić information content (AvgIpc) is 2.36. The van der Waals surface area contributed by atoms with Gasteiger partial charge in [0.2, 0.25) is 5.91 Å². The second-order valence-corrected chi connectivity index (χ2v) is 4.01. The minimum absolute atomic E-state index is 0.0696. The van der Waals surface area contributed by atoms with E-state index in [1.54, 1.807) is 0 Å². The lowest BCUT2D eigenvalue weighted by Crippen LogP contribution is -2.30. The molecule has 0 fully saturated rings. The van der Waals surface area contributed by atoms with E-state index in [1.165, 1.54) is 5.56 Å². The number of aliphatic carboxylic acids is 1. The number of rotatable bonds is 6. The Balaban J connectivity index is 2.49. The fraction of sp³-hybridized carbons (Fsp3) is 0.385. The van der Waals surface area contributed by atoms with Gasteiger partial charge in [-0.3, -0.25) is 14.8 Å². The van der Waals surface area contributed by atoms with Crippen LogP contribution in [-0.2, 0) is 22.4 Å². The van der Waals surface area contributed by atoms with Crippen molar-refractivity contribution in [3.05, 3.63) is 35.4 Å². The fourth-order valence-electron chi connectivity index (χ4n) is 1.48. The minimum Gasteiger partial charge on any atom is -0.481 e. The number of hydrogen-bond donors (Lipinski definition) is 2. The molecule has 1 aromatic rings. The summed E-state index contributed by atoms with van der Waals surface area (Å²) >= 11 is 0. The van der Waals surface area contributed by atoms with Crippen LogP contribution in [0.4, 0.5) is 0 Å². The predicted molar refractivity (Wildman–Crippen MR) is 65.3 cm³/mol. The first-order valence-corrected chi connectivity index (χ1v) is 5.81. The maximum Gasteiger partial charge on any atom is 0.305 e. The Kier molecular flexibility index (Phi) is 5.32. The molecular weight excluding hydrogens is 234 g/mol. The molecule has 1 aromatic carbocycles. The molecule has 0 bridgehead atoms. The molecule has 0 spiro atoms. The van der Waals surface area contributed by atoms with E-state index in [1.807, 2.05) is 31.2 Å². The fourth-order valence-corrected chi connectivity index (χ4v) is 1.48. The molecule has 0 saturated carbocycles. The molecule has 0 heterocycles. The largest absolute Gasteiger partial charge is 0.481 e. The lowest BCUT2D eigenvalue weighted by molar-refractivity contribution is -0.166. The second-order valence-electron chi connectivity index (χ2n) is 4.01. The number of nitrogens with zero attached hydrogens (tertiary/aromatic N) is 1. The van der Waals surface area contributed by atoms with Gasteiger partial charge in [-0.25, -0.2) is 5.06 Å². The first-order valence-electron chi connectivity index (χ1n) is 5.81. The Bertz CT molecular complexity index is 414. The summed E-state index contributed by atoms with van der Waals surface area (Å²) in [7, 11) is 0. The van der Waals surface area contributed by atoms with Gasteiger partial charge in [-0.05, 0) is 17.5 Å². The topological polar surface area (TPSA) is 77.8 Å². The molecule has 2 N–H and O–H groups in total. The summed E-state index contributed by atoms with van der Waals surface area (Å²) in [6.07, 6.45) is 0.732. The highest BCUT2D eigenvalue weighted by Gasteiger charge is 2.12. The zero-order valence-electron chi connectivity index (χ0n) is 10.3. The zero-order chi connectivity index (χ0) is 13.5. The Hall–Kier alpha value is -1.88. The summed E-state index contributed by atoms with van der Waals surface area (Å²) in [5.74, 6) is -1.55. The maximum absolute atomic E-state index is 11.6. The number of aryl methyl sites for hydroxylation is 1. The van der Waals surface area contributed by atoms with E-state index in [0.29, 0.717) is 5.06 Å². The van der Waals surface area contributed by atoms with Gasteiger partial charge in [0.05, 0.1) is 19.4 Å². The van der Waals surface area contributed by atoms with Crippen molar-refractivity contribution in [3.8, 4) is 0 Å². The Labute approximate surface area is 106 Å². The summed E-state index contributed by atoms with van der Waals surface area (Å²) < 4.78 is 0. The molecule has 0 aromatic heterocycles. The molecule has 0 atom stereocenters. The molecule has 5 nitrogen and oxygen atoms in total. The lowest BCUT2D eigenvalue weighted by atomic mass is 10.1. The van der Waals surface area contributed by atoms with Crippen LogP contribution in [0.3, 0.4) is 0 Å². The average molecular weight is 251 g/mol. The Morgan fingerprint density at radius 1 is 1.17 bits per heavy atom. The number of carbonyl (C=O) groups is 2. The summed E-state index contributed by atoms with van der Waals surface area (Å²) in [4.78, 5) is 21.9. The number of benzene rings is 1. The third-order valence-electron chi connectivity index (χ3n) is 2.61. The van der Waals surface area contributed by atoms with E-state index in [0.717, 1.165) is 12.0 Å². The van der Waals surface area contributed by atoms with E-state index < -0.39 is 11.9 Å². The van der Waals surface area contributed by atoms with Crippen molar-refractivity contribution in [2.24, 2.45) is 0 Å². The number of hydrogen-bond acceptors (Lipinski definition) is 3. The number of amides is 1. The highest BCUT2D eigenvalue weighted by atomic mass is 16.5. The third kappa shape index (κ3) is 4.55. The van der Waals surface area contributed by atoms with Crippen LogP contribution < -0.4 is 0 Å². The number of carboxylic acid groups (broad SMARTS) is 1. The van der Waals surface area contributed by atoms with Crippen molar-refractivity contribution < 1.29 is 19.9 Å². The molecular formula is C13H17NO4. The summed E-state index contributed by atoms with van der Waals surface area (Å²) in [5.41, 5.74) is 1.98. The predicted octanol–water partition coefficient (Wildman–Crippen LogP) is 1.48. The number of carboxylic acids is 1. The van der Waals surface area contributed by atoms with E-state index >= 15 is 0 Å². The normalized spacial score (nSPS) is 10.1. The van der Waals surface area contributed by atoms with Crippen LogP contribution in [-0.4, -0.2) is 33.8 Å². The van der Waals surface area contributed by atoms with Gasteiger partial charge in [-0.1, -0.05) is 31.2 Å². The molecule has 0 unspecified atom stereocenters. The van der Waals surface area contributed by atoms with Gasteiger partial charge in [0.15, 0.2) is 0 Å². The van der Waals surface area contributed by atoms with Gasteiger partial charge in [0.25, 0.3) is 0 Å². The first kappa shape index (κ1) is 14.2. The second kappa shape index (κ2) is 6.76. The highest BCUT2D eigenvalue weighted by molar-refractivity contribution is 5.78. The SMILES string of the molecule is CCc1ccc(CC(=O)N(O)CCC(=O)O)cc1.